The molecular formula is C22H16BrN2O2-. The lowest BCUT2D eigenvalue weighted by Gasteiger charge is -2.39. The molecule has 0 N–H and O–H groups in total. The second-order valence-electron chi connectivity index (χ2n) is 6.32. The highest BCUT2D eigenvalue weighted by Gasteiger charge is 2.32. The third kappa shape index (κ3) is 3.51. The fourth-order valence-corrected chi connectivity index (χ4v) is 3.81. The van der Waals surface area contributed by atoms with Crippen molar-refractivity contribution < 1.29 is 9.90 Å². The first-order valence-electron chi connectivity index (χ1n) is 8.58. The number of benzene rings is 3. The van der Waals surface area contributed by atoms with Crippen LogP contribution in [0.25, 0.3) is 0 Å². The average Bonchev–Trinajstić information content (AvgIpc) is 2.68. The maximum atomic E-state index is 11.6. The topological polar surface area (TPSA) is 55.7 Å². The van der Waals surface area contributed by atoms with Gasteiger partial charge in [0.05, 0.1) is 24.2 Å². The number of amidine groups is 1. The zero-order chi connectivity index (χ0) is 18.8. The number of rotatable bonds is 4. The number of hydrogen-bond donors (Lipinski definition) is 0. The Morgan fingerprint density at radius 3 is 2.33 bits per heavy atom. The fraction of sp³-hybridized carbons (Fsp3) is 0.0909. The van der Waals surface area contributed by atoms with E-state index in [2.05, 4.69) is 15.9 Å². The van der Waals surface area contributed by atoms with Crippen molar-refractivity contribution in [3.05, 3.63) is 100 Å². The van der Waals surface area contributed by atoms with Crippen LogP contribution in [0.2, 0.25) is 0 Å². The Morgan fingerprint density at radius 1 is 1.00 bits per heavy atom. The Labute approximate surface area is 165 Å². The molecule has 0 spiro atoms. The number of aliphatic carboxylic acids is 1. The van der Waals surface area contributed by atoms with Gasteiger partial charge in [-0.25, -0.2) is 4.99 Å². The lowest BCUT2D eigenvalue weighted by Crippen LogP contribution is -2.45. The summed E-state index contributed by atoms with van der Waals surface area (Å²) in [7, 11) is 0. The van der Waals surface area contributed by atoms with Gasteiger partial charge in [-0.1, -0.05) is 76.6 Å². The number of aliphatic imine (C=N–C) groups is 1. The van der Waals surface area contributed by atoms with Crippen LogP contribution < -0.4 is 5.11 Å². The van der Waals surface area contributed by atoms with E-state index in [9.17, 15) is 9.90 Å². The van der Waals surface area contributed by atoms with Crippen molar-refractivity contribution in [2.45, 2.75) is 6.04 Å². The Bertz CT molecular complexity index is 1000. The van der Waals surface area contributed by atoms with E-state index in [0.29, 0.717) is 5.84 Å². The summed E-state index contributed by atoms with van der Waals surface area (Å²) in [4.78, 5) is 18.2. The molecule has 1 aliphatic heterocycles. The van der Waals surface area contributed by atoms with Gasteiger partial charge in [0, 0.05) is 15.6 Å². The van der Waals surface area contributed by atoms with Crippen LogP contribution in [0.3, 0.4) is 0 Å². The molecule has 0 aromatic heterocycles. The van der Waals surface area contributed by atoms with Crippen molar-refractivity contribution in [1.29, 1.82) is 0 Å². The van der Waals surface area contributed by atoms with Gasteiger partial charge in [0.2, 0.25) is 0 Å². The number of carboxylic acids is 1. The van der Waals surface area contributed by atoms with Crippen molar-refractivity contribution in [2.24, 2.45) is 4.99 Å². The van der Waals surface area contributed by atoms with Crippen LogP contribution in [0, 0.1) is 0 Å². The standard InChI is InChI=1S/C22H17BrN2O2/c23-17-11-12-19-18(13-17)21(15-7-3-1-4-8-15)25(14-20(26)27)22(24-19)16-9-5-2-6-10-16/h1-13,21H,14H2,(H,26,27)/p-1. The molecule has 3 aromatic carbocycles. The second kappa shape index (κ2) is 7.37. The van der Waals surface area contributed by atoms with Crippen LogP contribution in [-0.4, -0.2) is 23.2 Å². The molecule has 0 bridgehead atoms. The molecule has 3 aromatic rings. The smallest absolute Gasteiger partial charge is 0.137 e. The van der Waals surface area contributed by atoms with Crippen LogP contribution in [0.1, 0.15) is 22.7 Å². The van der Waals surface area contributed by atoms with Gasteiger partial charge in [-0.3, -0.25) is 0 Å². The Hall–Kier alpha value is -2.92. The highest BCUT2D eigenvalue weighted by Crippen LogP contribution is 2.41. The summed E-state index contributed by atoms with van der Waals surface area (Å²) >= 11 is 3.53. The molecule has 4 rings (SSSR count). The zero-order valence-electron chi connectivity index (χ0n) is 14.4. The monoisotopic (exact) mass is 419 g/mol. The van der Waals surface area contributed by atoms with E-state index in [0.717, 1.165) is 26.9 Å². The van der Waals surface area contributed by atoms with Crippen molar-refractivity contribution in [1.82, 2.24) is 4.90 Å². The summed E-state index contributed by atoms with van der Waals surface area (Å²) in [6.45, 7) is -0.251. The minimum Gasteiger partial charge on any atom is -0.548 e. The van der Waals surface area contributed by atoms with Crippen molar-refractivity contribution in [3.63, 3.8) is 0 Å². The molecule has 0 saturated carbocycles. The number of carbonyl (C=O) groups is 1. The molecule has 0 saturated heterocycles. The Morgan fingerprint density at radius 2 is 1.67 bits per heavy atom. The lowest BCUT2D eigenvalue weighted by atomic mass is 9.93. The van der Waals surface area contributed by atoms with E-state index >= 15 is 0 Å². The van der Waals surface area contributed by atoms with Crippen LogP contribution >= 0.6 is 15.9 Å². The molecule has 0 radical (unpaired) electrons. The minimum absolute atomic E-state index is 0.251. The third-order valence-electron chi connectivity index (χ3n) is 4.54. The largest absolute Gasteiger partial charge is 0.548 e. The molecule has 1 unspecified atom stereocenters. The molecule has 27 heavy (non-hydrogen) atoms. The molecule has 0 aliphatic carbocycles. The highest BCUT2D eigenvalue weighted by atomic mass is 79.9. The second-order valence-corrected chi connectivity index (χ2v) is 7.23. The van der Waals surface area contributed by atoms with Gasteiger partial charge in [-0.15, -0.1) is 0 Å². The van der Waals surface area contributed by atoms with Crippen molar-refractivity contribution in [3.8, 4) is 0 Å². The number of carbonyl (C=O) groups excluding carboxylic acids is 1. The molecule has 0 fully saturated rings. The van der Waals surface area contributed by atoms with E-state index in [1.54, 1.807) is 4.90 Å². The minimum atomic E-state index is -1.14. The Kier molecular flexibility index (Phi) is 4.77. The number of carboxylic acid groups (broad SMARTS) is 1. The van der Waals surface area contributed by atoms with Gasteiger partial charge in [-0.05, 0) is 23.8 Å². The van der Waals surface area contributed by atoms with E-state index in [4.69, 9.17) is 4.99 Å². The SMILES string of the molecule is O=C([O-])CN1C(c2ccccc2)=Nc2ccc(Br)cc2C1c1ccccc1. The van der Waals surface area contributed by atoms with Gasteiger partial charge < -0.3 is 14.8 Å². The predicted octanol–water partition coefficient (Wildman–Crippen LogP) is 3.68. The summed E-state index contributed by atoms with van der Waals surface area (Å²) in [5.74, 6) is -0.513. The fourth-order valence-electron chi connectivity index (χ4n) is 3.43. The van der Waals surface area contributed by atoms with Crippen LogP contribution in [-0.2, 0) is 4.79 Å². The highest BCUT2D eigenvalue weighted by molar-refractivity contribution is 9.10. The normalized spacial score (nSPS) is 15.8. The van der Waals surface area contributed by atoms with Gasteiger partial charge in [-0.2, -0.15) is 0 Å². The first-order valence-corrected chi connectivity index (χ1v) is 9.38. The summed E-state index contributed by atoms with van der Waals surface area (Å²) in [6.07, 6.45) is 0. The van der Waals surface area contributed by atoms with Crippen LogP contribution in [0.4, 0.5) is 5.69 Å². The number of hydrogen-bond acceptors (Lipinski definition) is 4. The number of nitrogens with zero attached hydrogens (tertiary/aromatic N) is 2. The van der Waals surface area contributed by atoms with E-state index < -0.39 is 5.97 Å². The molecule has 1 aliphatic rings. The summed E-state index contributed by atoms with van der Waals surface area (Å²) < 4.78 is 0.925. The summed E-state index contributed by atoms with van der Waals surface area (Å²) in [5.41, 5.74) is 3.66. The third-order valence-corrected chi connectivity index (χ3v) is 5.03. The molecule has 0 amide bonds. The average molecular weight is 420 g/mol. The first kappa shape index (κ1) is 17.5. The maximum Gasteiger partial charge on any atom is 0.137 e. The summed E-state index contributed by atoms with van der Waals surface area (Å²) in [5, 5.41) is 11.6. The summed E-state index contributed by atoms with van der Waals surface area (Å²) in [6, 6.07) is 25.1. The van der Waals surface area contributed by atoms with Gasteiger partial charge >= 0.3 is 0 Å². The molecule has 5 heteroatoms. The van der Waals surface area contributed by atoms with Gasteiger partial charge in [0.15, 0.2) is 0 Å². The number of halogens is 1. The number of fused-ring (bicyclic) bond motifs is 1. The van der Waals surface area contributed by atoms with Crippen LogP contribution in [0.5, 0.6) is 0 Å². The molecule has 134 valence electrons. The lowest BCUT2D eigenvalue weighted by molar-refractivity contribution is -0.305. The predicted molar refractivity (Wildman–Crippen MR) is 107 cm³/mol. The maximum absolute atomic E-state index is 11.6. The van der Waals surface area contributed by atoms with Crippen molar-refractivity contribution >= 4 is 33.4 Å². The molecule has 4 nitrogen and oxygen atoms in total. The van der Waals surface area contributed by atoms with Gasteiger partial charge in [0.25, 0.3) is 0 Å². The van der Waals surface area contributed by atoms with E-state index in [-0.39, 0.29) is 12.6 Å². The Balaban J connectivity index is 1.96. The molecular weight excluding hydrogens is 404 g/mol. The van der Waals surface area contributed by atoms with E-state index in [1.807, 2.05) is 78.9 Å². The molecule has 1 heterocycles. The van der Waals surface area contributed by atoms with E-state index in [1.165, 1.54) is 0 Å². The first-order chi connectivity index (χ1) is 13.1. The van der Waals surface area contributed by atoms with Crippen LogP contribution in [0.15, 0.2) is 88.3 Å². The quantitative estimate of drug-likeness (QED) is 0.647. The van der Waals surface area contributed by atoms with Gasteiger partial charge in [0.1, 0.15) is 5.84 Å². The zero-order valence-corrected chi connectivity index (χ0v) is 16.0. The van der Waals surface area contributed by atoms with Crippen molar-refractivity contribution in [2.75, 3.05) is 6.54 Å². The molecule has 1 atom stereocenters.